The largest absolute Gasteiger partial charge is 0.490 e. The second-order valence-corrected chi connectivity index (χ2v) is 11.9. The van der Waals surface area contributed by atoms with E-state index in [0.717, 1.165) is 28.3 Å². The van der Waals surface area contributed by atoms with Crippen LogP contribution in [-0.2, 0) is 16.3 Å². The molecule has 1 aliphatic carbocycles. The maximum absolute atomic E-state index is 11.4. The van der Waals surface area contributed by atoms with E-state index in [2.05, 4.69) is 34.6 Å². The quantitative estimate of drug-likeness (QED) is 0.499. The predicted octanol–water partition coefficient (Wildman–Crippen LogP) is 4.76. The molecule has 33 heavy (non-hydrogen) atoms. The van der Waals surface area contributed by atoms with Crippen molar-refractivity contribution in [2.24, 2.45) is 0 Å². The maximum atomic E-state index is 11.4. The second-order valence-electron chi connectivity index (χ2n) is 8.57. The van der Waals surface area contributed by atoms with Gasteiger partial charge in [0.15, 0.2) is 0 Å². The van der Waals surface area contributed by atoms with Crippen molar-refractivity contribution in [1.29, 1.82) is 5.26 Å². The van der Waals surface area contributed by atoms with Crippen molar-refractivity contribution in [3.63, 3.8) is 0 Å². The summed E-state index contributed by atoms with van der Waals surface area (Å²) in [5, 5.41) is 13.8. The number of thiazole rings is 1. The molecule has 1 aliphatic rings. The molecular formula is C25H27N3O3S2. The van der Waals surface area contributed by atoms with Gasteiger partial charge in [0.2, 0.25) is 0 Å². The van der Waals surface area contributed by atoms with Gasteiger partial charge < -0.3 is 10.1 Å². The number of fused-ring (bicyclic) bond motifs is 1. The highest BCUT2D eigenvalue weighted by molar-refractivity contribution is 7.90. The first-order valence-electron chi connectivity index (χ1n) is 11.0. The Hall–Kier alpha value is -2.73. The summed E-state index contributed by atoms with van der Waals surface area (Å²) in [4.78, 5) is 5.72. The van der Waals surface area contributed by atoms with Gasteiger partial charge >= 0.3 is 0 Å². The SMILES string of the molecule is CC(C)Oc1ccc(-c2ncc(-c3cccc4c3CC[C@@H]4NCCS(C)(=O)=O)s2)cc1C#N. The number of nitriles is 1. The summed E-state index contributed by atoms with van der Waals surface area (Å²) in [6, 6.07) is 14.3. The highest BCUT2D eigenvalue weighted by atomic mass is 32.2. The van der Waals surface area contributed by atoms with Crippen LogP contribution in [0.25, 0.3) is 21.0 Å². The van der Waals surface area contributed by atoms with Crippen molar-refractivity contribution in [1.82, 2.24) is 10.3 Å². The Balaban J connectivity index is 1.57. The average molecular weight is 482 g/mol. The number of nitrogens with one attached hydrogen (secondary N) is 1. The van der Waals surface area contributed by atoms with Gasteiger partial charge in [0.1, 0.15) is 26.7 Å². The fourth-order valence-electron chi connectivity index (χ4n) is 4.15. The Morgan fingerprint density at radius 1 is 1.30 bits per heavy atom. The fourth-order valence-corrected chi connectivity index (χ4v) is 5.61. The lowest BCUT2D eigenvalue weighted by atomic mass is 10.0. The van der Waals surface area contributed by atoms with E-state index in [1.165, 1.54) is 22.9 Å². The van der Waals surface area contributed by atoms with Crippen LogP contribution in [0.1, 0.15) is 43.0 Å². The molecule has 1 heterocycles. The first-order chi connectivity index (χ1) is 15.7. The average Bonchev–Trinajstić information content (AvgIpc) is 3.40. The molecule has 0 fully saturated rings. The van der Waals surface area contributed by atoms with Crippen LogP contribution < -0.4 is 10.1 Å². The molecule has 0 bridgehead atoms. The summed E-state index contributed by atoms with van der Waals surface area (Å²) in [5.74, 6) is 0.728. The van der Waals surface area contributed by atoms with E-state index in [9.17, 15) is 13.7 Å². The zero-order chi connectivity index (χ0) is 23.6. The molecule has 3 aromatic rings. The number of hydrogen-bond acceptors (Lipinski definition) is 7. The predicted molar refractivity (Wildman–Crippen MR) is 132 cm³/mol. The zero-order valence-electron chi connectivity index (χ0n) is 19.0. The monoisotopic (exact) mass is 481 g/mol. The second kappa shape index (κ2) is 9.64. The number of ether oxygens (including phenoxy) is 1. The number of sulfone groups is 1. The first-order valence-corrected chi connectivity index (χ1v) is 13.8. The molecular weight excluding hydrogens is 454 g/mol. The van der Waals surface area contributed by atoms with E-state index in [0.29, 0.717) is 17.9 Å². The molecule has 0 saturated heterocycles. The van der Waals surface area contributed by atoms with Gasteiger partial charge in [-0.05, 0) is 61.6 Å². The van der Waals surface area contributed by atoms with Crippen LogP contribution in [0, 0.1) is 11.3 Å². The van der Waals surface area contributed by atoms with Crippen LogP contribution in [0.4, 0.5) is 0 Å². The summed E-state index contributed by atoms with van der Waals surface area (Å²) in [7, 11) is -2.98. The van der Waals surface area contributed by atoms with Crippen LogP contribution in [-0.4, -0.2) is 38.1 Å². The van der Waals surface area contributed by atoms with E-state index >= 15 is 0 Å². The number of hydrogen-bond donors (Lipinski definition) is 1. The summed E-state index contributed by atoms with van der Waals surface area (Å²) in [5.41, 5.74) is 5.10. The molecule has 1 N–H and O–H groups in total. The third-order valence-corrected chi connectivity index (χ3v) is 7.64. The van der Waals surface area contributed by atoms with E-state index in [-0.39, 0.29) is 17.9 Å². The molecule has 1 atom stereocenters. The molecule has 6 nitrogen and oxygen atoms in total. The molecule has 0 saturated carbocycles. The van der Waals surface area contributed by atoms with Gasteiger partial charge in [-0.1, -0.05) is 18.2 Å². The number of nitrogens with zero attached hydrogens (tertiary/aromatic N) is 2. The summed E-state index contributed by atoms with van der Waals surface area (Å²) in [6.45, 7) is 4.33. The molecule has 2 aromatic carbocycles. The molecule has 1 aromatic heterocycles. The minimum atomic E-state index is -2.98. The standard InChI is InChI=1S/C25H27N3O3S2/c1-16(2)31-23-10-7-17(13-18(23)14-26)25-28-15-24(32-25)21-6-4-5-20-19(21)8-9-22(20)27-11-12-33(3,29)30/h4-7,10,13,15-16,22,27H,8-9,11-12H2,1-3H3/t22-/m0/s1. The van der Waals surface area contributed by atoms with Crippen molar-refractivity contribution in [2.45, 2.75) is 38.8 Å². The van der Waals surface area contributed by atoms with E-state index in [1.54, 1.807) is 11.3 Å². The minimum absolute atomic E-state index is 0.000665. The van der Waals surface area contributed by atoms with Crippen molar-refractivity contribution in [3.05, 3.63) is 59.3 Å². The van der Waals surface area contributed by atoms with Crippen molar-refractivity contribution in [2.75, 3.05) is 18.6 Å². The third-order valence-electron chi connectivity index (χ3n) is 5.62. The molecule has 0 aliphatic heterocycles. The fraction of sp³-hybridized carbons (Fsp3) is 0.360. The van der Waals surface area contributed by atoms with Crippen LogP contribution in [0.3, 0.4) is 0 Å². The van der Waals surface area contributed by atoms with Crippen LogP contribution in [0.15, 0.2) is 42.6 Å². The molecule has 0 radical (unpaired) electrons. The summed E-state index contributed by atoms with van der Waals surface area (Å²) in [6.07, 6.45) is 5.05. The highest BCUT2D eigenvalue weighted by Gasteiger charge is 2.25. The minimum Gasteiger partial charge on any atom is -0.490 e. The Morgan fingerprint density at radius 3 is 2.85 bits per heavy atom. The summed E-state index contributed by atoms with van der Waals surface area (Å²) >= 11 is 1.61. The van der Waals surface area contributed by atoms with Gasteiger partial charge in [-0.15, -0.1) is 11.3 Å². The first kappa shape index (κ1) is 23.4. The highest BCUT2D eigenvalue weighted by Crippen LogP contribution is 2.41. The van der Waals surface area contributed by atoms with Crippen molar-refractivity contribution >= 4 is 21.2 Å². The van der Waals surface area contributed by atoms with Gasteiger partial charge in [-0.3, -0.25) is 0 Å². The molecule has 172 valence electrons. The van der Waals surface area contributed by atoms with Gasteiger partial charge in [0.05, 0.1) is 22.3 Å². The van der Waals surface area contributed by atoms with E-state index < -0.39 is 9.84 Å². The lowest BCUT2D eigenvalue weighted by molar-refractivity contribution is 0.242. The summed E-state index contributed by atoms with van der Waals surface area (Å²) < 4.78 is 28.6. The van der Waals surface area contributed by atoms with Gasteiger partial charge in [0, 0.05) is 30.6 Å². The normalized spacial score (nSPS) is 15.4. The van der Waals surface area contributed by atoms with E-state index in [1.807, 2.05) is 38.2 Å². The Kier molecular flexibility index (Phi) is 6.84. The molecule has 0 amide bonds. The van der Waals surface area contributed by atoms with Gasteiger partial charge in [-0.25, -0.2) is 13.4 Å². The number of aromatic nitrogens is 1. The van der Waals surface area contributed by atoms with Crippen LogP contribution >= 0.6 is 11.3 Å². The topological polar surface area (TPSA) is 92.1 Å². The van der Waals surface area contributed by atoms with E-state index in [4.69, 9.17) is 4.74 Å². The Bertz CT molecular complexity index is 1310. The van der Waals surface area contributed by atoms with Crippen LogP contribution in [0.2, 0.25) is 0 Å². The maximum Gasteiger partial charge on any atom is 0.148 e. The van der Waals surface area contributed by atoms with Crippen LogP contribution in [0.5, 0.6) is 5.75 Å². The zero-order valence-corrected chi connectivity index (χ0v) is 20.6. The Labute approximate surface area is 199 Å². The number of rotatable bonds is 8. The smallest absolute Gasteiger partial charge is 0.148 e. The van der Waals surface area contributed by atoms with Crippen molar-refractivity contribution < 1.29 is 13.2 Å². The molecule has 0 spiro atoms. The molecule has 8 heteroatoms. The third kappa shape index (κ3) is 5.44. The lowest BCUT2D eigenvalue weighted by Gasteiger charge is -2.14. The number of benzene rings is 2. The molecule has 0 unspecified atom stereocenters. The molecule has 4 rings (SSSR count). The Morgan fingerprint density at radius 2 is 2.12 bits per heavy atom. The lowest BCUT2D eigenvalue weighted by Crippen LogP contribution is -2.25. The van der Waals surface area contributed by atoms with Gasteiger partial charge in [0.25, 0.3) is 0 Å². The van der Waals surface area contributed by atoms with Crippen molar-refractivity contribution in [3.8, 4) is 32.8 Å². The van der Waals surface area contributed by atoms with Gasteiger partial charge in [-0.2, -0.15) is 5.26 Å².